The van der Waals surface area contributed by atoms with Gasteiger partial charge in [0.25, 0.3) is 4.92 Å². The summed E-state index contributed by atoms with van der Waals surface area (Å²) < 4.78 is 16.2. The van der Waals surface area contributed by atoms with Crippen molar-refractivity contribution in [3.8, 4) is 5.95 Å². The fourth-order valence-electron chi connectivity index (χ4n) is 3.07. The number of imidazole rings is 1. The summed E-state index contributed by atoms with van der Waals surface area (Å²) in [6, 6.07) is 12.3. The Morgan fingerprint density at radius 1 is 1.10 bits per heavy atom. The zero-order valence-corrected chi connectivity index (χ0v) is 16.5. The van der Waals surface area contributed by atoms with Crippen molar-refractivity contribution in [3.63, 3.8) is 0 Å². The van der Waals surface area contributed by atoms with E-state index in [-0.39, 0.29) is 23.3 Å². The summed E-state index contributed by atoms with van der Waals surface area (Å²) >= 11 is 0. The van der Waals surface area contributed by atoms with Crippen molar-refractivity contribution in [1.29, 1.82) is 0 Å². The van der Waals surface area contributed by atoms with Gasteiger partial charge in [-0.05, 0) is 32.0 Å². The van der Waals surface area contributed by atoms with E-state index in [0.717, 1.165) is 5.56 Å². The molecule has 0 unspecified atom stereocenters. The first-order valence-corrected chi connectivity index (χ1v) is 9.05. The second kappa shape index (κ2) is 7.39. The van der Waals surface area contributed by atoms with Crippen LogP contribution < -0.4 is 11.1 Å². The molecule has 0 saturated heterocycles. The predicted molar refractivity (Wildman–Crippen MR) is 111 cm³/mol. The van der Waals surface area contributed by atoms with Crippen LogP contribution in [0.4, 0.5) is 27.4 Å². The van der Waals surface area contributed by atoms with Crippen LogP contribution >= 0.6 is 0 Å². The number of nitrogens with zero attached hydrogens (tertiary/aromatic N) is 5. The highest BCUT2D eigenvalue weighted by atomic mass is 19.1. The number of hydrogen-bond donors (Lipinski definition) is 2. The number of rotatable bonds is 5. The molecule has 0 fully saturated rings. The minimum absolute atomic E-state index is 0.0515. The molecule has 4 rings (SSSR count). The van der Waals surface area contributed by atoms with Crippen LogP contribution in [0.15, 0.2) is 42.5 Å². The van der Waals surface area contributed by atoms with Crippen LogP contribution in [0.5, 0.6) is 0 Å². The highest BCUT2D eigenvalue weighted by Crippen LogP contribution is 2.27. The minimum atomic E-state index is -0.745. The zero-order chi connectivity index (χ0) is 21.4. The first-order valence-electron chi connectivity index (χ1n) is 9.05. The van der Waals surface area contributed by atoms with E-state index >= 15 is 0 Å². The molecule has 30 heavy (non-hydrogen) atoms. The molecule has 0 aliphatic carbocycles. The number of hydrogen-bond acceptors (Lipinski definition) is 7. The Hall–Kier alpha value is -4.08. The number of aryl methyl sites for hydroxylation is 2. The Kier molecular flexibility index (Phi) is 4.74. The monoisotopic (exact) mass is 408 g/mol. The van der Waals surface area contributed by atoms with Gasteiger partial charge in [-0.15, -0.1) is 0 Å². The lowest BCUT2D eigenvalue weighted by molar-refractivity contribution is -0.736. The molecule has 2 heterocycles. The van der Waals surface area contributed by atoms with Crippen molar-refractivity contribution in [1.82, 2.24) is 19.5 Å². The predicted octanol–water partition coefficient (Wildman–Crippen LogP) is 3.87. The van der Waals surface area contributed by atoms with E-state index in [1.807, 2.05) is 31.2 Å². The maximum Gasteiger partial charge on any atom is 0.319 e. The summed E-state index contributed by atoms with van der Waals surface area (Å²) in [7, 11) is 1.28. The maximum absolute atomic E-state index is 14.6. The zero-order valence-electron chi connectivity index (χ0n) is 16.5. The Morgan fingerprint density at radius 2 is 1.83 bits per heavy atom. The number of halogens is 1. The standard InChI is InChI=1S/C20H19FN7O2/c1-11-4-6-13(7-5-11)24-19-17(21)18(22)25-20(26-19)27-12(2)23-15-10-14(28(29)30-3)8-9-16(15)27/h4-10H,1-3H3,(H3,22,24,25,26)/q+1. The van der Waals surface area contributed by atoms with Gasteiger partial charge in [0.1, 0.15) is 5.82 Å². The van der Waals surface area contributed by atoms with E-state index in [1.165, 1.54) is 7.11 Å². The van der Waals surface area contributed by atoms with Crippen LogP contribution in [0.1, 0.15) is 11.4 Å². The van der Waals surface area contributed by atoms with Gasteiger partial charge in [0.05, 0.1) is 15.9 Å². The third-order valence-electron chi connectivity index (χ3n) is 4.56. The Labute approximate surface area is 170 Å². The van der Waals surface area contributed by atoms with Gasteiger partial charge in [0.15, 0.2) is 18.7 Å². The molecule has 0 aliphatic heterocycles. The van der Waals surface area contributed by atoms with Crippen LogP contribution in [0.25, 0.3) is 17.0 Å². The summed E-state index contributed by atoms with van der Waals surface area (Å²) in [5, 5.41) is 2.94. The molecule has 0 bridgehead atoms. The first-order chi connectivity index (χ1) is 14.4. The van der Waals surface area contributed by atoms with Crippen molar-refractivity contribution in [3.05, 3.63) is 64.6 Å². The number of nitrogens with two attached hydrogens (primary N) is 1. The highest BCUT2D eigenvalue weighted by Gasteiger charge is 2.21. The molecular formula is C20H19FN7O2+. The number of nitrogens with one attached hydrogen (secondary N) is 1. The molecule has 0 spiro atoms. The largest absolute Gasteiger partial charge is 0.381 e. The van der Waals surface area contributed by atoms with Crippen LogP contribution in [-0.4, -0.2) is 31.6 Å². The molecule has 0 atom stereocenters. The van der Waals surface area contributed by atoms with Crippen molar-refractivity contribution in [2.24, 2.45) is 0 Å². The van der Waals surface area contributed by atoms with Crippen molar-refractivity contribution in [2.45, 2.75) is 13.8 Å². The molecule has 0 aliphatic rings. The molecule has 10 heteroatoms. The van der Waals surface area contributed by atoms with Crippen LogP contribution in [0.2, 0.25) is 0 Å². The van der Waals surface area contributed by atoms with E-state index in [4.69, 9.17) is 5.73 Å². The van der Waals surface area contributed by atoms with Gasteiger partial charge in [-0.3, -0.25) is 4.57 Å². The van der Waals surface area contributed by atoms with Crippen LogP contribution in [0.3, 0.4) is 0 Å². The van der Waals surface area contributed by atoms with Gasteiger partial charge in [0, 0.05) is 17.8 Å². The maximum atomic E-state index is 14.6. The number of fused-ring (bicyclic) bond motifs is 1. The van der Waals surface area contributed by atoms with Crippen molar-refractivity contribution >= 4 is 34.0 Å². The lowest BCUT2D eigenvalue weighted by atomic mass is 10.2. The third kappa shape index (κ3) is 3.39. The van der Waals surface area contributed by atoms with E-state index in [0.29, 0.717) is 27.5 Å². The number of anilines is 3. The molecule has 9 nitrogen and oxygen atoms in total. The Bertz CT molecular complexity index is 1270. The Balaban J connectivity index is 1.81. The molecular weight excluding hydrogens is 389 g/mol. The van der Waals surface area contributed by atoms with Gasteiger partial charge in [-0.25, -0.2) is 9.82 Å². The third-order valence-corrected chi connectivity index (χ3v) is 4.56. The SMILES string of the molecule is CO[N+](=O)c1ccc2c(c1)nc(C)n2-c1nc(N)c(F)c(Nc2ccc(C)cc2)n1. The molecule has 0 saturated carbocycles. The van der Waals surface area contributed by atoms with Crippen molar-refractivity contribution < 1.29 is 14.2 Å². The molecule has 152 valence electrons. The fourth-order valence-corrected chi connectivity index (χ4v) is 3.07. The normalized spacial score (nSPS) is 10.9. The van der Waals surface area contributed by atoms with Gasteiger partial charge in [-0.1, -0.05) is 17.7 Å². The molecule has 2 aromatic heterocycles. The highest BCUT2D eigenvalue weighted by molar-refractivity contribution is 5.80. The van der Waals surface area contributed by atoms with E-state index in [1.54, 1.807) is 29.7 Å². The lowest BCUT2D eigenvalue weighted by Gasteiger charge is -2.12. The second-order valence-electron chi connectivity index (χ2n) is 6.67. The van der Waals surface area contributed by atoms with Gasteiger partial charge < -0.3 is 11.1 Å². The van der Waals surface area contributed by atoms with E-state index < -0.39 is 5.82 Å². The molecule has 0 amide bonds. The number of aromatic nitrogens is 4. The lowest BCUT2D eigenvalue weighted by Crippen LogP contribution is -2.10. The summed E-state index contributed by atoms with van der Waals surface area (Å²) in [5.41, 5.74) is 9.01. The van der Waals surface area contributed by atoms with Gasteiger partial charge in [-0.2, -0.15) is 14.4 Å². The number of benzene rings is 2. The van der Waals surface area contributed by atoms with E-state index in [2.05, 4.69) is 25.1 Å². The van der Waals surface area contributed by atoms with Crippen LogP contribution in [-0.2, 0) is 4.84 Å². The first kappa shape index (κ1) is 19.2. The Morgan fingerprint density at radius 3 is 2.53 bits per heavy atom. The second-order valence-corrected chi connectivity index (χ2v) is 6.67. The van der Waals surface area contributed by atoms with Gasteiger partial charge in [0.2, 0.25) is 11.8 Å². The summed E-state index contributed by atoms with van der Waals surface area (Å²) in [4.78, 5) is 29.6. The molecule has 0 radical (unpaired) electrons. The van der Waals surface area contributed by atoms with E-state index in [9.17, 15) is 9.30 Å². The van der Waals surface area contributed by atoms with Crippen LogP contribution in [0, 0.1) is 24.6 Å². The average Bonchev–Trinajstić information content (AvgIpc) is 3.07. The molecule has 2 aromatic carbocycles. The molecule has 3 N–H and O–H groups in total. The molecule has 4 aromatic rings. The average molecular weight is 408 g/mol. The fraction of sp³-hybridized carbons (Fsp3) is 0.150. The summed E-state index contributed by atoms with van der Waals surface area (Å²) in [6.07, 6.45) is 0. The summed E-state index contributed by atoms with van der Waals surface area (Å²) in [5.74, 6) is -0.390. The summed E-state index contributed by atoms with van der Waals surface area (Å²) in [6.45, 7) is 3.71. The topological polar surface area (TPSA) is 111 Å². The smallest absolute Gasteiger partial charge is 0.319 e. The minimum Gasteiger partial charge on any atom is -0.381 e. The quantitative estimate of drug-likeness (QED) is 0.482. The number of nitrogen functional groups attached to an aromatic ring is 1. The van der Waals surface area contributed by atoms with Gasteiger partial charge >= 0.3 is 5.69 Å². The van der Waals surface area contributed by atoms with Crippen molar-refractivity contribution in [2.75, 3.05) is 18.2 Å².